The van der Waals surface area contributed by atoms with E-state index in [-0.39, 0.29) is 17.6 Å². The quantitative estimate of drug-likeness (QED) is 0.668. The second-order valence-electron chi connectivity index (χ2n) is 9.03. The predicted molar refractivity (Wildman–Crippen MR) is 125 cm³/mol. The third-order valence-electron chi connectivity index (χ3n) is 6.51. The molecule has 6 nitrogen and oxygen atoms in total. The van der Waals surface area contributed by atoms with Gasteiger partial charge in [-0.1, -0.05) is 30.7 Å². The van der Waals surface area contributed by atoms with Crippen molar-refractivity contribution in [3.63, 3.8) is 0 Å². The molecule has 0 radical (unpaired) electrons. The molecule has 178 valence electrons. The molecule has 2 aromatic carbocycles. The normalized spacial score (nSPS) is 20.5. The first-order chi connectivity index (χ1) is 15.9. The summed E-state index contributed by atoms with van der Waals surface area (Å²) in [6.07, 6.45) is 4.65. The maximum absolute atomic E-state index is 13.5. The van der Waals surface area contributed by atoms with Crippen molar-refractivity contribution in [3.8, 4) is 0 Å². The van der Waals surface area contributed by atoms with E-state index >= 15 is 0 Å². The molecule has 2 fully saturated rings. The van der Waals surface area contributed by atoms with Crippen molar-refractivity contribution in [2.75, 3.05) is 26.2 Å². The summed E-state index contributed by atoms with van der Waals surface area (Å²) in [5.41, 5.74) is 1.78. The van der Waals surface area contributed by atoms with Gasteiger partial charge >= 0.3 is 0 Å². The van der Waals surface area contributed by atoms with E-state index < -0.39 is 10.0 Å². The maximum atomic E-state index is 13.5. The van der Waals surface area contributed by atoms with E-state index in [0.717, 1.165) is 49.8 Å². The van der Waals surface area contributed by atoms with Crippen LogP contribution in [-0.4, -0.2) is 49.7 Å². The second-order valence-corrected chi connectivity index (χ2v) is 11.0. The first-order valence-corrected chi connectivity index (χ1v) is 13.2. The SMILES string of the molecule is O=C(NCc1ccc(S(=O)(=O)N2CCCCC2)cc1)C1CCCN(Cc2cccc(F)c2)C1. The monoisotopic (exact) mass is 473 g/mol. The van der Waals surface area contributed by atoms with Gasteiger partial charge in [-0.3, -0.25) is 9.69 Å². The van der Waals surface area contributed by atoms with Crippen LogP contribution >= 0.6 is 0 Å². The van der Waals surface area contributed by atoms with Crippen LogP contribution in [0.2, 0.25) is 0 Å². The molecule has 1 amide bonds. The standard InChI is InChI=1S/C25H32FN3O3S/c26-23-8-4-6-21(16-23)18-28-13-5-7-22(19-28)25(30)27-17-20-9-11-24(12-10-20)33(31,32)29-14-2-1-3-15-29/h4,6,8-12,16,22H,1-3,5,7,13-15,17-19H2,(H,27,30). The highest BCUT2D eigenvalue weighted by molar-refractivity contribution is 7.89. The van der Waals surface area contributed by atoms with Gasteiger partial charge in [0, 0.05) is 32.7 Å². The predicted octanol–water partition coefficient (Wildman–Crippen LogP) is 3.53. The van der Waals surface area contributed by atoms with Gasteiger partial charge in [0.1, 0.15) is 5.82 Å². The number of amides is 1. The minimum atomic E-state index is -3.44. The molecule has 2 aliphatic rings. The van der Waals surface area contributed by atoms with Crippen LogP contribution in [0.5, 0.6) is 0 Å². The molecule has 8 heteroatoms. The Morgan fingerprint density at radius 3 is 2.45 bits per heavy atom. The van der Waals surface area contributed by atoms with Crippen molar-refractivity contribution < 1.29 is 17.6 Å². The molecule has 2 heterocycles. The molecular formula is C25H32FN3O3S. The lowest BCUT2D eigenvalue weighted by atomic mass is 9.96. The van der Waals surface area contributed by atoms with E-state index in [4.69, 9.17) is 0 Å². The molecule has 0 aromatic heterocycles. The lowest BCUT2D eigenvalue weighted by molar-refractivity contribution is -0.126. The molecule has 2 saturated heterocycles. The smallest absolute Gasteiger partial charge is 0.243 e. The summed E-state index contributed by atoms with van der Waals surface area (Å²) in [7, 11) is -3.44. The van der Waals surface area contributed by atoms with Crippen LogP contribution in [-0.2, 0) is 27.9 Å². The summed E-state index contributed by atoms with van der Waals surface area (Å²) in [6, 6.07) is 13.4. The van der Waals surface area contributed by atoms with Crippen LogP contribution in [0.3, 0.4) is 0 Å². The summed E-state index contributed by atoms with van der Waals surface area (Å²) in [5, 5.41) is 3.00. The number of halogens is 1. The summed E-state index contributed by atoms with van der Waals surface area (Å²) < 4.78 is 40.6. The van der Waals surface area contributed by atoms with Crippen LogP contribution in [0.25, 0.3) is 0 Å². The molecule has 1 unspecified atom stereocenters. The van der Waals surface area contributed by atoms with E-state index in [1.165, 1.54) is 6.07 Å². The number of hydrogen-bond acceptors (Lipinski definition) is 4. The van der Waals surface area contributed by atoms with Crippen molar-refractivity contribution in [1.29, 1.82) is 0 Å². The highest BCUT2D eigenvalue weighted by Gasteiger charge is 2.27. The Kier molecular flexibility index (Phi) is 7.78. The van der Waals surface area contributed by atoms with Gasteiger partial charge < -0.3 is 5.32 Å². The molecule has 0 saturated carbocycles. The molecule has 1 atom stereocenters. The number of piperidine rings is 2. The number of benzene rings is 2. The van der Waals surface area contributed by atoms with Crippen molar-refractivity contribution in [1.82, 2.24) is 14.5 Å². The Morgan fingerprint density at radius 1 is 0.970 bits per heavy atom. The number of carbonyl (C=O) groups excluding carboxylic acids is 1. The number of nitrogens with zero attached hydrogens (tertiary/aromatic N) is 2. The Bertz CT molecular complexity index is 1050. The van der Waals surface area contributed by atoms with E-state index in [1.54, 1.807) is 40.7 Å². The summed E-state index contributed by atoms with van der Waals surface area (Å²) in [4.78, 5) is 15.3. The summed E-state index contributed by atoms with van der Waals surface area (Å²) >= 11 is 0. The van der Waals surface area contributed by atoms with Crippen molar-refractivity contribution >= 4 is 15.9 Å². The number of carbonyl (C=O) groups is 1. The molecule has 33 heavy (non-hydrogen) atoms. The van der Waals surface area contributed by atoms with Gasteiger partial charge in [-0.15, -0.1) is 0 Å². The minimum absolute atomic E-state index is 0.00366. The number of hydrogen-bond donors (Lipinski definition) is 1. The Hall–Kier alpha value is -2.29. The van der Waals surface area contributed by atoms with Gasteiger partial charge in [0.25, 0.3) is 0 Å². The van der Waals surface area contributed by atoms with Crippen molar-refractivity contribution in [2.24, 2.45) is 5.92 Å². The molecular weight excluding hydrogens is 441 g/mol. The lowest BCUT2D eigenvalue weighted by Crippen LogP contribution is -2.42. The Labute approximate surface area is 195 Å². The molecule has 1 N–H and O–H groups in total. The van der Waals surface area contributed by atoms with Crippen LogP contribution in [0, 0.1) is 11.7 Å². The van der Waals surface area contributed by atoms with E-state index in [2.05, 4.69) is 10.2 Å². The first-order valence-electron chi connectivity index (χ1n) is 11.8. The Balaban J connectivity index is 1.29. The molecule has 0 bridgehead atoms. The zero-order valence-electron chi connectivity index (χ0n) is 18.9. The minimum Gasteiger partial charge on any atom is -0.352 e. The van der Waals surface area contributed by atoms with E-state index in [0.29, 0.717) is 37.6 Å². The van der Waals surface area contributed by atoms with Crippen LogP contribution in [0.4, 0.5) is 4.39 Å². The lowest BCUT2D eigenvalue weighted by Gasteiger charge is -2.32. The molecule has 0 spiro atoms. The maximum Gasteiger partial charge on any atom is 0.243 e. The fourth-order valence-electron chi connectivity index (χ4n) is 4.67. The molecule has 2 aliphatic heterocycles. The highest BCUT2D eigenvalue weighted by Crippen LogP contribution is 2.22. The number of nitrogens with one attached hydrogen (secondary N) is 1. The van der Waals surface area contributed by atoms with E-state index in [1.807, 2.05) is 6.07 Å². The first kappa shape index (κ1) is 23.9. The summed E-state index contributed by atoms with van der Waals surface area (Å²) in [5.74, 6) is -0.344. The summed E-state index contributed by atoms with van der Waals surface area (Å²) in [6.45, 7) is 3.70. The Morgan fingerprint density at radius 2 is 1.73 bits per heavy atom. The third kappa shape index (κ3) is 6.19. The van der Waals surface area contributed by atoms with Crippen LogP contribution in [0.1, 0.15) is 43.2 Å². The molecule has 2 aromatic rings. The average molecular weight is 474 g/mol. The van der Waals surface area contributed by atoms with Crippen LogP contribution < -0.4 is 5.32 Å². The van der Waals surface area contributed by atoms with E-state index in [9.17, 15) is 17.6 Å². The molecule has 0 aliphatic carbocycles. The van der Waals surface area contributed by atoms with Gasteiger partial charge in [0.2, 0.25) is 15.9 Å². The zero-order chi connectivity index (χ0) is 23.3. The second kappa shape index (κ2) is 10.8. The number of rotatable bonds is 7. The van der Waals surface area contributed by atoms with Gasteiger partial charge in [-0.2, -0.15) is 4.31 Å². The van der Waals surface area contributed by atoms with Crippen LogP contribution in [0.15, 0.2) is 53.4 Å². The van der Waals surface area contributed by atoms with Gasteiger partial charge in [0.05, 0.1) is 10.8 Å². The fourth-order valence-corrected chi connectivity index (χ4v) is 6.19. The van der Waals surface area contributed by atoms with Gasteiger partial charge in [-0.25, -0.2) is 12.8 Å². The zero-order valence-corrected chi connectivity index (χ0v) is 19.7. The number of likely N-dealkylation sites (tertiary alicyclic amines) is 1. The van der Waals surface area contributed by atoms with Gasteiger partial charge in [0.15, 0.2) is 0 Å². The highest BCUT2D eigenvalue weighted by atomic mass is 32.2. The van der Waals surface area contributed by atoms with Crippen molar-refractivity contribution in [2.45, 2.75) is 50.1 Å². The molecule has 4 rings (SSSR count). The largest absolute Gasteiger partial charge is 0.352 e. The van der Waals surface area contributed by atoms with Crippen molar-refractivity contribution in [3.05, 3.63) is 65.5 Å². The van der Waals surface area contributed by atoms with Gasteiger partial charge in [-0.05, 0) is 67.6 Å². The fraction of sp³-hybridized carbons (Fsp3) is 0.480. The topological polar surface area (TPSA) is 69.7 Å². The third-order valence-corrected chi connectivity index (χ3v) is 8.43. The number of sulfonamides is 1. The average Bonchev–Trinajstić information content (AvgIpc) is 2.83.